The minimum atomic E-state index is -0.872. The van der Waals surface area contributed by atoms with Gasteiger partial charge in [-0.2, -0.15) is 0 Å². The first-order valence-electron chi connectivity index (χ1n) is 7.18. The molecule has 1 aromatic rings. The largest absolute Gasteiger partial charge is 0.481 e. The monoisotopic (exact) mass is 275 g/mol. The summed E-state index contributed by atoms with van der Waals surface area (Å²) in [4.78, 5) is 25.1. The smallest absolute Gasteiger partial charge is 0.305 e. The van der Waals surface area contributed by atoms with Gasteiger partial charge in [-0.3, -0.25) is 9.59 Å². The van der Waals surface area contributed by atoms with Crippen LogP contribution in [0.2, 0.25) is 0 Å². The first-order chi connectivity index (χ1) is 9.59. The summed E-state index contributed by atoms with van der Waals surface area (Å²) >= 11 is 0. The van der Waals surface area contributed by atoms with E-state index >= 15 is 0 Å². The molecule has 0 aromatic heterocycles. The molecule has 1 aliphatic rings. The van der Waals surface area contributed by atoms with Crippen LogP contribution in [-0.4, -0.2) is 23.5 Å². The van der Waals surface area contributed by atoms with Crippen molar-refractivity contribution in [1.29, 1.82) is 0 Å². The van der Waals surface area contributed by atoms with E-state index in [0.29, 0.717) is 0 Å². The Kier molecular flexibility index (Phi) is 4.77. The summed E-state index contributed by atoms with van der Waals surface area (Å²) in [5.41, 5.74) is 1.84. The summed E-state index contributed by atoms with van der Waals surface area (Å²) in [7, 11) is 0. The highest BCUT2D eigenvalue weighted by Crippen LogP contribution is 2.29. The van der Waals surface area contributed by atoms with Crippen LogP contribution in [0.1, 0.15) is 37.7 Å². The summed E-state index contributed by atoms with van der Waals surface area (Å²) in [6.07, 6.45) is 4.02. The van der Waals surface area contributed by atoms with Crippen molar-refractivity contribution in [3.05, 3.63) is 29.8 Å². The molecule has 1 amide bonds. The zero-order valence-corrected chi connectivity index (χ0v) is 11.8. The number of carbonyl (C=O) groups is 2. The molecule has 1 aromatic carbocycles. The third-order valence-electron chi connectivity index (χ3n) is 3.93. The van der Waals surface area contributed by atoms with Crippen molar-refractivity contribution in [2.45, 2.75) is 39.0 Å². The van der Waals surface area contributed by atoms with Crippen molar-refractivity contribution in [2.24, 2.45) is 5.92 Å². The van der Waals surface area contributed by atoms with Gasteiger partial charge < -0.3 is 10.0 Å². The van der Waals surface area contributed by atoms with Gasteiger partial charge in [0.15, 0.2) is 0 Å². The lowest BCUT2D eigenvalue weighted by molar-refractivity contribution is -0.136. The molecule has 0 atom stereocenters. The first kappa shape index (κ1) is 14.6. The molecular formula is C16H21NO3. The number of para-hydroxylation sites is 1. The number of benzene rings is 1. The van der Waals surface area contributed by atoms with Gasteiger partial charge in [0.1, 0.15) is 0 Å². The van der Waals surface area contributed by atoms with E-state index < -0.39 is 5.97 Å². The minimum absolute atomic E-state index is 0.0210. The van der Waals surface area contributed by atoms with Gasteiger partial charge in [-0.25, -0.2) is 0 Å². The highest BCUT2D eigenvalue weighted by atomic mass is 16.4. The van der Waals surface area contributed by atoms with Crippen LogP contribution in [-0.2, 0) is 9.59 Å². The molecule has 0 unspecified atom stereocenters. The lowest BCUT2D eigenvalue weighted by Gasteiger charge is -2.26. The lowest BCUT2D eigenvalue weighted by Crippen LogP contribution is -2.37. The number of carboxylic acids is 1. The Balaban J connectivity index is 2.21. The molecule has 108 valence electrons. The van der Waals surface area contributed by atoms with Crippen molar-refractivity contribution >= 4 is 17.6 Å². The number of aliphatic carboxylic acids is 1. The van der Waals surface area contributed by atoms with Crippen LogP contribution in [0.3, 0.4) is 0 Å². The SMILES string of the molecule is Cc1ccccc1N(CCC(=O)O)C(=O)C1CCCC1. The van der Waals surface area contributed by atoms with Crippen LogP contribution in [0.5, 0.6) is 0 Å². The average Bonchev–Trinajstić information content (AvgIpc) is 2.94. The molecule has 4 nitrogen and oxygen atoms in total. The van der Waals surface area contributed by atoms with Crippen molar-refractivity contribution in [2.75, 3.05) is 11.4 Å². The third kappa shape index (κ3) is 3.38. The quantitative estimate of drug-likeness (QED) is 0.898. The molecule has 20 heavy (non-hydrogen) atoms. The van der Waals surface area contributed by atoms with E-state index in [0.717, 1.165) is 36.9 Å². The van der Waals surface area contributed by atoms with Crippen molar-refractivity contribution in [3.63, 3.8) is 0 Å². The van der Waals surface area contributed by atoms with E-state index in [4.69, 9.17) is 5.11 Å². The maximum absolute atomic E-state index is 12.6. The molecule has 1 aliphatic carbocycles. The Bertz CT molecular complexity index is 492. The van der Waals surface area contributed by atoms with Crippen LogP contribution in [0, 0.1) is 12.8 Å². The fourth-order valence-electron chi connectivity index (χ4n) is 2.82. The predicted molar refractivity (Wildman–Crippen MR) is 77.7 cm³/mol. The number of hydrogen-bond acceptors (Lipinski definition) is 2. The molecule has 1 fully saturated rings. The van der Waals surface area contributed by atoms with Crippen LogP contribution >= 0.6 is 0 Å². The molecule has 2 rings (SSSR count). The van der Waals surface area contributed by atoms with Gasteiger partial charge in [0.05, 0.1) is 6.42 Å². The Morgan fingerprint density at radius 2 is 1.90 bits per heavy atom. The molecule has 0 bridgehead atoms. The van der Waals surface area contributed by atoms with Gasteiger partial charge in [0.25, 0.3) is 0 Å². The second-order valence-electron chi connectivity index (χ2n) is 5.40. The number of carbonyl (C=O) groups excluding carboxylic acids is 1. The normalized spacial score (nSPS) is 15.2. The van der Waals surface area contributed by atoms with Crippen molar-refractivity contribution < 1.29 is 14.7 Å². The van der Waals surface area contributed by atoms with Gasteiger partial charge in [-0.15, -0.1) is 0 Å². The molecule has 0 aliphatic heterocycles. The zero-order valence-electron chi connectivity index (χ0n) is 11.8. The molecule has 1 saturated carbocycles. The number of carboxylic acid groups (broad SMARTS) is 1. The van der Waals surface area contributed by atoms with Gasteiger partial charge in [-0.05, 0) is 31.4 Å². The maximum Gasteiger partial charge on any atom is 0.305 e. The molecule has 4 heteroatoms. The molecular weight excluding hydrogens is 254 g/mol. The highest BCUT2D eigenvalue weighted by molar-refractivity contribution is 5.96. The van der Waals surface area contributed by atoms with Crippen LogP contribution in [0.4, 0.5) is 5.69 Å². The maximum atomic E-state index is 12.6. The second-order valence-corrected chi connectivity index (χ2v) is 5.40. The second kappa shape index (κ2) is 6.55. The molecule has 0 heterocycles. The highest BCUT2D eigenvalue weighted by Gasteiger charge is 2.28. The average molecular weight is 275 g/mol. The summed E-state index contributed by atoms with van der Waals surface area (Å²) in [5, 5.41) is 8.89. The number of rotatable bonds is 5. The van der Waals surface area contributed by atoms with Gasteiger partial charge in [0.2, 0.25) is 5.91 Å². The fourth-order valence-corrected chi connectivity index (χ4v) is 2.82. The Hall–Kier alpha value is -1.84. The topological polar surface area (TPSA) is 57.6 Å². The standard InChI is InChI=1S/C16H21NO3/c1-12-6-2-5-9-14(12)17(11-10-15(18)19)16(20)13-7-3-4-8-13/h2,5-6,9,13H,3-4,7-8,10-11H2,1H3,(H,18,19). The van der Waals surface area contributed by atoms with E-state index in [2.05, 4.69) is 0 Å². The predicted octanol–water partition coefficient (Wildman–Crippen LogP) is 2.99. The molecule has 0 radical (unpaired) electrons. The third-order valence-corrected chi connectivity index (χ3v) is 3.93. The number of hydrogen-bond donors (Lipinski definition) is 1. The summed E-state index contributed by atoms with van der Waals surface area (Å²) in [5.74, 6) is -0.732. The van der Waals surface area contributed by atoms with E-state index in [1.165, 1.54) is 0 Å². The van der Waals surface area contributed by atoms with Crippen LogP contribution < -0.4 is 4.90 Å². The van der Waals surface area contributed by atoms with E-state index in [9.17, 15) is 9.59 Å². The number of nitrogens with zero attached hydrogens (tertiary/aromatic N) is 1. The summed E-state index contributed by atoms with van der Waals surface area (Å²) < 4.78 is 0. The van der Waals surface area contributed by atoms with Gasteiger partial charge in [-0.1, -0.05) is 31.0 Å². The summed E-state index contributed by atoms with van der Waals surface area (Å²) in [6, 6.07) is 7.65. The van der Waals surface area contributed by atoms with E-state index in [1.807, 2.05) is 31.2 Å². The van der Waals surface area contributed by atoms with Gasteiger partial charge in [0, 0.05) is 18.2 Å². The lowest BCUT2D eigenvalue weighted by atomic mass is 10.0. The van der Waals surface area contributed by atoms with Crippen molar-refractivity contribution in [1.82, 2.24) is 0 Å². The van der Waals surface area contributed by atoms with E-state index in [1.54, 1.807) is 4.90 Å². The summed E-state index contributed by atoms with van der Waals surface area (Å²) in [6.45, 7) is 2.19. The zero-order chi connectivity index (χ0) is 14.5. The number of aryl methyl sites for hydroxylation is 1. The first-order valence-corrected chi connectivity index (χ1v) is 7.18. The molecule has 1 N–H and O–H groups in total. The number of anilines is 1. The Morgan fingerprint density at radius 1 is 1.25 bits per heavy atom. The van der Waals surface area contributed by atoms with E-state index in [-0.39, 0.29) is 24.8 Å². The minimum Gasteiger partial charge on any atom is -0.481 e. The number of amides is 1. The Labute approximate surface area is 119 Å². The van der Waals surface area contributed by atoms with Crippen LogP contribution in [0.25, 0.3) is 0 Å². The fraction of sp³-hybridized carbons (Fsp3) is 0.500. The Morgan fingerprint density at radius 3 is 2.50 bits per heavy atom. The van der Waals surface area contributed by atoms with Crippen molar-refractivity contribution in [3.8, 4) is 0 Å². The van der Waals surface area contributed by atoms with Crippen LogP contribution in [0.15, 0.2) is 24.3 Å². The molecule has 0 spiro atoms. The van der Waals surface area contributed by atoms with Gasteiger partial charge >= 0.3 is 5.97 Å². The molecule has 0 saturated heterocycles.